The van der Waals surface area contributed by atoms with E-state index >= 15 is 0 Å². The summed E-state index contributed by atoms with van der Waals surface area (Å²) < 4.78 is 1.18. The molecule has 1 unspecified atom stereocenters. The highest BCUT2D eigenvalue weighted by Crippen LogP contribution is 2.23. The summed E-state index contributed by atoms with van der Waals surface area (Å²) in [6, 6.07) is 3.97. The first-order valence-electron chi connectivity index (χ1n) is 3.28. The first kappa shape index (κ1) is 9.06. The fraction of sp³-hybridized carbons (Fsp3) is 0.429. The van der Waals surface area contributed by atoms with Gasteiger partial charge in [0, 0.05) is 5.75 Å². The SMILES string of the molecule is OCC(O)CSc1cccs1. The predicted molar refractivity (Wildman–Crippen MR) is 48.1 cm³/mol. The Morgan fingerprint density at radius 3 is 3.00 bits per heavy atom. The summed E-state index contributed by atoms with van der Waals surface area (Å²) >= 11 is 3.21. The van der Waals surface area contributed by atoms with Gasteiger partial charge >= 0.3 is 0 Å². The van der Waals surface area contributed by atoms with Gasteiger partial charge in [-0.2, -0.15) is 0 Å². The van der Waals surface area contributed by atoms with E-state index in [9.17, 15) is 0 Å². The van der Waals surface area contributed by atoms with Crippen LogP contribution in [0, 0.1) is 0 Å². The van der Waals surface area contributed by atoms with E-state index in [4.69, 9.17) is 10.2 Å². The molecule has 1 heterocycles. The van der Waals surface area contributed by atoms with E-state index in [1.54, 1.807) is 23.1 Å². The van der Waals surface area contributed by atoms with Crippen LogP contribution in [-0.4, -0.2) is 28.7 Å². The lowest BCUT2D eigenvalue weighted by molar-refractivity contribution is 0.113. The van der Waals surface area contributed by atoms with Crippen molar-refractivity contribution in [2.24, 2.45) is 0 Å². The van der Waals surface area contributed by atoms with E-state index in [-0.39, 0.29) is 6.61 Å². The van der Waals surface area contributed by atoms with Crippen LogP contribution < -0.4 is 0 Å². The van der Waals surface area contributed by atoms with Crippen LogP contribution in [0.15, 0.2) is 21.7 Å². The molecule has 0 amide bonds. The minimum absolute atomic E-state index is 0.154. The zero-order valence-electron chi connectivity index (χ0n) is 5.93. The average Bonchev–Trinajstić information content (AvgIpc) is 2.52. The number of aliphatic hydroxyl groups is 2. The number of thiophene rings is 1. The van der Waals surface area contributed by atoms with Crippen molar-refractivity contribution < 1.29 is 10.2 Å². The average molecular weight is 190 g/mol. The Labute approximate surface area is 73.9 Å². The molecule has 0 spiro atoms. The molecule has 1 aromatic rings. The third-order valence-electron chi connectivity index (χ3n) is 1.12. The summed E-state index contributed by atoms with van der Waals surface area (Å²) in [6.07, 6.45) is -0.595. The van der Waals surface area contributed by atoms with Crippen molar-refractivity contribution in [1.82, 2.24) is 0 Å². The molecular weight excluding hydrogens is 180 g/mol. The van der Waals surface area contributed by atoms with Crippen molar-refractivity contribution >= 4 is 23.1 Å². The van der Waals surface area contributed by atoms with Gasteiger partial charge in [-0.15, -0.1) is 23.1 Å². The van der Waals surface area contributed by atoms with Crippen LogP contribution in [0.5, 0.6) is 0 Å². The normalized spacial score (nSPS) is 13.3. The molecule has 0 aliphatic rings. The van der Waals surface area contributed by atoms with Crippen molar-refractivity contribution in [3.63, 3.8) is 0 Å². The second-order valence-electron chi connectivity index (χ2n) is 2.08. The molecule has 0 aliphatic heterocycles. The highest BCUT2D eigenvalue weighted by atomic mass is 32.2. The molecule has 1 rings (SSSR count). The third kappa shape index (κ3) is 3.25. The maximum absolute atomic E-state index is 8.99. The molecule has 1 aromatic heterocycles. The maximum atomic E-state index is 8.99. The van der Waals surface area contributed by atoms with Crippen LogP contribution >= 0.6 is 23.1 Å². The molecule has 11 heavy (non-hydrogen) atoms. The molecule has 4 heteroatoms. The molecule has 0 aromatic carbocycles. The Balaban J connectivity index is 2.23. The smallest absolute Gasteiger partial charge is 0.0864 e. The monoisotopic (exact) mass is 190 g/mol. The molecule has 0 aliphatic carbocycles. The highest BCUT2D eigenvalue weighted by molar-refractivity contribution is 8.01. The van der Waals surface area contributed by atoms with Crippen molar-refractivity contribution in [2.45, 2.75) is 10.3 Å². The van der Waals surface area contributed by atoms with Crippen LogP contribution in [0.1, 0.15) is 0 Å². The fourth-order valence-electron chi connectivity index (χ4n) is 0.577. The fourth-order valence-corrected chi connectivity index (χ4v) is 2.30. The van der Waals surface area contributed by atoms with Crippen LogP contribution in [0.4, 0.5) is 0 Å². The summed E-state index contributed by atoms with van der Waals surface area (Å²) in [6.45, 7) is -0.154. The van der Waals surface area contributed by atoms with E-state index in [1.165, 1.54) is 4.21 Å². The van der Waals surface area contributed by atoms with Gasteiger partial charge in [0.1, 0.15) is 0 Å². The third-order valence-corrected chi connectivity index (χ3v) is 3.40. The van der Waals surface area contributed by atoms with E-state index in [2.05, 4.69) is 0 Å². The standard InChI is InChI=1S/C7H10O2S2/c8-4-6(9)5-11-7-2-1-3-10-7/h1-3,6,8-9H,4-5H2. The van der Waals surface area contributed by atoms with Gasteiger partial charge in [0.25, 0.3) is 0 Å². The van der Waals surface area contributed by atoms with Gasteiger partial charge in [-0.1, -0.05) is 6.07 Å². The summed E-state index contributed by atoms with van der Waals surface area (Å²) in [4.78, 5) is 0. The molecule has 0 fully saturated rings. The molecule has 1 atom stereocenters. The van der Waals surface area contributed by atoms with Crippen molar-refractivity contribution in [3.8, 4) is 0 Å². The van der Waals surface area contributed by atoms with Crippen LogP contribution in [0.2, 0.25) is 0 Å². The molecule has 62 valence electrons. The molecule has 0 saturated heterocycles. The van der Waals surface area contributed by atoms with Crippen LogP contribution in [0.3, 0.4) is 0 Å². The van der Waals surface area contributed by atoms with Gasteiger partial charge in [-0.3, -0.25) is 0 Å². The summed E-state index contributed by atoms with van der Waals surface area (Å²) in [7, 11) is 0. The topological polar surface area (TPSA) is 40.5 Å². The zero-order valence-corrected chi connectivity index (χ0v) is 7.57. The van der Waals surface area contributed by atoms with Gasteiger partial charge in [-0.05, 0) is 11.4 Å². The second-order valence-corrected chi connectivity index (χ2v) is 4.35. The first-order chi connectivity index (χ1) is 5.33. The zero-order chi connectivity index (χ0) is 8.10. The Hall–Kier alpha value is -0.0300. The molecule has 2 nitrogen and oxygen atoms in total. The first-order valence-corrected chi connectivity index (χ1v) is 5.14. The Bertz CT molecular complexity index is 186. The van der Waals surface area contributed by atoms with Crippen molar-refractivity contribution in [3.05, 3.63) is 17.5 Å². The molecule has 2 N–H and O–H groups in total. The van der Waals surface area contributed by atoms with Gasteiger partial charge in [-0.25, -0.2) is 0 Å². The van der Waals surface area contributed by atoms with E-state index < -0.39 is 6.10 Å². The number of rotatable bonds is 4. The molecule has 0 bridgehead atoms. The molecule has 0 saturated carbocycles. The van der Waals surface area contributed by atoms with Crippen molar-refractivity contribution in [2.75, 3.05) is 12.4 Å². The summed E-state index contributed by atoms with van der Waals surface area (Å²) in [5.41, 5.74) is 0. The van der Waals surface area contributed by atoms with Gasteiger partial charge < -0.3 is 10.2 Å². The number of thioether (sulfide) groups is 1. The Morgan fingerprint density at radius 2 is 2.45 bits per heavy atom. The predicted octanol–water partition coefficient (Wildman–Crippen LogP) is 1.19. The number of hydrogen-bond acceptors (Lipinski definition) is 4. The lowest BCUT2D eigenvalue weighted by Gasteiger charge is -2.03. The van der Waals surface area contributed by atoms with E-state index in [0.717, 1.165) is 0 Å². The van der Waals surface area contributed by atoms with Gasteiger partial charge in [0.15, 0.2) is 0 Å². The largest absolute Gasteiger partial charge is 0.394 e. The molecule has 0 radical (unpaired) electrons. The van der Waals surface area contributed by atoms with E-state index in [0.29, 0.717) is 5.75 Å². The van der Waals surface area contributed by atoms with E-state index in [1.807, 2.05) is 17.5 Å². The summed E-state index contributed by atoms with van der Waals surface area (Å²) in [5, 5.41) is 19.5. The van der Waals surface area contributed by atoms with Gasteiger partial charge in [0.05, 0.1) is 16.9 Å². The summed E-state index contributed by atoms with van der Waals surface area (Å²) in [5.74, 6) is 0.566. The molecular formula is C7H10O2S2. The lowest BCUT2D eigenvalue weighted by Crippen LogP contribution is -2.14. The van der Waals surface area contributed by atoms with Crippen molar-refractivity contribution in [1.29, 1.82) is 0 Å². The van der Waals surface area contributed by atoms with Crippen LogP contribution in [-0.2, 0) is 0 Å². The minimum Gasteiger partial charge on any atom is -0.394 e. The maximum Gasteiger partial charge on any atom is 0.0864 e. The number of hydrogen-bond donors (Lipinski definition) is 2. The quantitative estimate of drug-likeness (QED) is 0.701. The Kier molecular flexibility index (Phi) is 3.93. The van der Waals surface area contributed by atoms with Crippen LogP contribution in [0.25, 0.3) is 0 Å². The second kappa shape index (κ2) is 4.77. The van der Waals surface area contributed by atoms with Gasteiger partial charge in [0.2, 0.25) is 0 Å². The Morgan fingerprint density at radius 1 is 1.64 bits per heavy atom. The minimum atomic E-state index is -0.595. The highest BCUT2D eigenvalue weighted by Gasteiger charge is 2.02. The number of aliphatic hydroxyl groups excluding tert-OH is 2. The lowest BCUT2D eigenvalue weighted by atomic mass is 10.4.